The van der Waals surface area contributed by atoms with Gasteiger partial charge in [0.2, 0.25) is 0 Å². The molecule has 0 heterocycles. The Morgan fingerprint density at radius 1 is 0.815 bits per heavy atom. The molecule has 0 saturated heterocycles. The first-order valence-corrected chi connectivity index (χ1v) is 9.64. The van der Waals surface area contributed by atoms with Gasteiger partial charge in [0.05, 0.1) is 17.3 Å². The van der Waals surface area contributed by atoms with Crippen molar-refractivity contribution in [3.05, 3.63) is 99.1 Å². The molecule has 0 aromatic heterocycles. The normalized spacial score (nSPS) is 11.5. The molecule has 5 heteroatoms. The van der Waals surface area contributed by atoms with E-state index >= 15 is 0 Å². The number of carbonyl (C=O) groups excluding carboxylic acids is 2. The smallest absolute Gasteiger partial charge is 0.255 e. The van der Waals surface area contributed by atoms with E-state index < -0.39 is 0 Å². The summed E-state index contributed by atoms with van der Waals surface area (Å²) in [6.45, 7) is 1.93. The van der Waals surface area contributed by atoms with Gasteiger partial charge in [0.1, 0.15) is 0 Å². The number of amides is 2. The second-order valence-corrected chi connectivity index (χ2v) is 7.36. The van der Waals surface area contributed by atoms with Crippen molar-refractivity contribution in [1.29, 1.82) is 0 Å². The van der Waals surface area contributed by atoms with E-state index in [1.165, 1.54) is 0 Å². The Balaban J connectivity index is 1.76. The highest BCUT2D eigenvalue weighted by Crippen LogP contribution is 2.19. The van der Waals surface area contributed by atoms with Crippen LogP contribution in [0.5, 0.6) is 0 Å². The van der Waals surface area contributed by atoms with Crippen molar-refractivity contribution < 1.29 is 9.59 Å². The van der Waals surface area contributed by atoms with E-state index in [1.807, 2.05) is 49.4 Å². The average molecular weight is 470 g/mol. The van der Waals surface area contributed by atoms with Crippen molar-refractivity contribution in [2.45, 2.75) is 13.0 Å². The van der Waals surface area contributed by atoms with E-state index in [2.05, 4.69) is 33.2 Å². The Bertz CT molecular complexity index is 940. The molecule has 3 aromatic rings. The molecule has 3 aromatic carbocycles. The lowest BCUT2D eigenvalue weighted by Gasteiger charge is -2.16. The molecule has 0 saturated carbocycles. The Kier molecular flexibility index (Phi) is 6.24. The maximum Gasteiger partial charge on any atom is 0.255 e. The van der Waals surface area contributed by atoms with E-state index in [-0.39, 0.29) is 17.9 Å². The third-order valence-corrected chi connectivity index (χ3v) is 4.89. The van der Waals surface area contributed by atoms with Gasteiger partial charge >= 0.3 is 0 Å². The maximum absolute atomic E-state index is 12.7. The first-order chi connectivity index (χ1) is 13.0. The van der Waals surface area contributed by atoms with Crippen LogP contribution in [-0.2, 0) is 0 Å². The van der Waals surface area contributed by atoms with Crippen LogP contribution < -0.4 is 10.6 Å². The van der Waals surface area contributed by atoms with Crippen LogP contribution in [0.3, 0.4) is 0 Å². The number of hydrogen-bond donors (Lipinski definition) is 2. The number of rotatable bonds is 5. The average Bonchev–Trinajstić information content (AvgIpc) is 2.69. The summed E-state index contributed by atoms with van der Waals surface area (Å²) in [7, 11) is 0. The van der Waals surface area contributed by atoms with Gasteiger partial charge in [0, 0.05) is 9.13 Å². The van der Waals surface area contributed by atoms with Crippen molar-refractivity contribution in [1.82, 2.24) is 5.32 Å². The molecule has 27 heavy (non-hydrogen) atoms. The van der Waals surface area contributed by atoms with Crippen LogP contribution in [0.2, 0.25) is 0 Å². The van der Waals surface area contributed by atoms with Crippen LogP contribution in [0.25, 0.3) is 0 Å². The molecule has 1 atom stereocenters. The Labute approximate surface area is 172 Å². The molecular weight excluding hydrogens is 451 g/mol. The highest BCUT2D eigenvalue weighted by molar-refractivity contribution is 14.1. The summed E-state index contributed by atoms with van der Waals surface area (Å²) in [6, 6.07) is 23.9. The van der Waals surface area contributed by atoms with Crippen molar-refractivity contribution in [2.75, 3.05) is 5.32 Å². The van der Waals surface area contributed by atoms with Crippen LogP contribution in [0.1, 0.15) is 39.2 Å². The zero-order valence-electron chi connectivity index (χ0n) is 14.8. The maximum atomic E-state index is 12.7. The molecule has 4 nitrogen and oxygen atoms in total. The molecular formula is C22H19IN2O2. The second-order valence-electron chi connectivity index (χ2n) is 6.11. The summed E-state index contributed by atoms with van der Waals surface area (Å²) in [5, 5.41) is 5.82. The van der Waals surface area contributed by atoms with E-state index in [0.29, 0.717) is 16.8 Å². The molecule has 3 rings (SSSR count). The summed E-state index contributed by atoms with van der Waals surface area (Å²) < 4.78 is 1.05. The summed E-state index contributed by atoms with van der Waals surface area (Å²) in [4.78, 5) is 25.2. The zero-order chi connectivity index (χ0) is 19.2. The minimum absolute atomic E-state index is 0.140. The molecule has 2 N–H and O–H groups in total. The summed E-state index contributed by atoms with van der Waals surface area (Å²) in [6.07, 6.45) is 0. The molecule has 0 radical (unpaired) electrons. The van der Waals surface area contributed by atoms with Crippen LogP contribution in [0.15, 0.2) is 78.9 Å². The molecule has 0 bridgehead atoms. The molecule has 0 spiro atoms. The molecule has 136 valence electrons. The predicted octanol–water partition coefficient (Wildman–Crippen LogP) is 5.03. The van der Waals surface area contributed by atoms with Gasteiger partial charge in [-0.2, -0.15) is 0 Å². The van der Waals surface area contributed by atoms with Crippen LogP contribution in [0.4, 0.5) is 5.69 Å². The fraction of sp³-hybridized carbons (Fsp3) is 0.0909. The fourth-order valence-electron chi connectivity index (χ4n) is 2.69. The zero-order valence-corrected chi connectivity index (χ0v) is 16.9. The van der Waals surface area contributed by atoms with Gasteiger partial charge in [0.25, 0.3) is 11.8 Å². The van der Waals surface area contributed by atoms with Crippen molar-refractivity contribution in [2.24, 2.45) is 0 Å². The summed E-state index contributed by atoms with van der Waals surface area (Å²) in [5.41, 5.74) is 2.48. The Morgan fingerprint density at radius 2 is 1.44 bits per heavy atom. The summed E-state index contributed by atoms with van der Waals surface area (Å²) in [5.74, 6) is -0.479. The highest BCUT2D eigenvalue weighted by Gasteiger charge is 2.16. The van der Waals surface area contributed by atoms with Gasteiger partial charge < -0.3 is 10.6 Å². The van der Waals surface area contributed by atoms with Crippen molar-refractivity contribution >= 4 is 40.1 Å². The molecule has 0 aliphatic rings. The van der Waals surface area contributed by atoms with Gasteiger partial charge in [-0.05, 0) is 71.5 Å². The molecule has 2 amide bonds. The van der Waals surface area contributed by atoms with Gasteiger partial charge in [-0.25, -0.2) is 0 Å². The lowest BCUT2D eigenvalue weighted by molar-refractivity contribution is 0.0941. The van der Waals surface area contributed by atoms with Gasteiger partial charge in [-0.1, -0.05) is 42.5 Å². The van der Waals surface area contributed by atoms with Crippen molar-refractivity contribution in [3.63, 3.8) is 0 Å². The van der Waals surface area contributed by atoms with Gasteiger partial charge in [-0.15, -0.1) is 0 Å². The van der Waals surface area contributed by atoms with E-state index in [9.17, 15) is 9.59 Å². The van der Waals surface area contributed by atoms with E-state index in [1.54, 1.807) is 36.4 Å². The molecule has 1 unspecified atom stereocenters. The van der Waals surface area contributed by atoms with E-state index in [0.717, 1.165) is 9.13 Å². The Hall–Kier alpha value is -2.67. The third kappa shape index (κ3) is 4.95. The fourth-order valence-corrected chi connectivity index (χ4v) is 3.04. The monoisotopic (exact) mass is 470 g/mol. The first-order valence-electron chi connectivity index (χ1n) is 8.56. The largest absolute Gasteiger partial charge is 0.345 e. The Morgan fingerprint density at radius 3 is 2.15 bits per heavy atom. The molecule has 0 aliphatic heterocycles. The summed E-state index contributed by atoms with van der Waals surface area (Å²) >= 11 is 2.19. The van der Waals surface area contributed by atoms with Crippen molar-refractivity contribution in [3.8, 4) is 0 Å². The quantitative estimate of drug-likeness (QED) is 0.514. The number of para-hydroxylation sites is 1. The topological polar surface area (TPSA) is 58.2 Å². The molecule has 0 fully saturated rings. The number of benzene rings is 3. The standard InChI is InChI=1S/C22H19IN2O2/c1-15(16-7-3-2-4-8-16)24-22(27)19-9-5-6-10-20(19)25-21(26)17-11-13-18(23)14-12-17/h2-15H,1H3,(H,24,27)(H,25,26). The lowest BCUT2D eigenvalue weighted by Crippen LogP contribution is -2.28. The number of anilines is 1. The van der Waals surface area contributed by atoms with Crippen LogP contribution >= 0.6 is 22.6 Å². The predicted molar refractivity (Wildman–Crippen MR) is 116 cm³/mol. The van der Waals surface area contributed by atoms with Gasteiger partial charge in [0.15, 0.2) is 0 Å². The van der Waals surface area contributed by atoms with E-state index in [4.69, 9.17) is 0 Å². The number of nitrogens with one attached hydrogen (secondary N) is 2. The first kappa shape index (κ1) is 19.1. The SMILES string of the molecule is CC(NC(=O)c1ccccc1NC(=O)c1ccc(I)cc1)c1ccccc1. The highest BCUT2D eigenvalue weighted by atomic mass is 127. The number of hydrogen-bond acceptors (Lipinski definition) is 2. The molecule has 0 aliphatic carbocycles. The lowest BCUT2D eigenvalue weighted by atomic mass is 10.1. The minimum atomic E-state index is -0.247. The number of halogens is 1. The third-order valence-electron chi connectivity index (χ3n) is 4.17. The van der Waals surface area contributed by atoms with Crippen LogP contribution in [-0.4, -0.2) is 11.8 Å². The number of carbonyl (C=O) groups is 2. The van der Waals surface area contributed by atoms with Gasteiger partial charge in [-0.3, -0.25) is 9.59 Å². The minimum Gasteiger partial charge on any atom is -0.345 e. The van der Waals surface area contributed by atoms with Crippen LogP contribution in [0, 0.1) is 3.57 Å². The second kappa shape index (κ2) is 8.81.